The number of nitrogens with zero attached hydrogens (tertiary/aromatic N) is 2. The normalized spacial score (nSPS) is 11.5. The van der Waals surface area contributed by atoms with E-state index in [1.54, 1.807) is 12.1 Å². The summed E-state index contributed by atoms with van der Waals surface area (Å²) in [5, 5.41) is 17.6. The Bertz CT molecular complexity index is 1130. The van der Waals surface area contributed by atoms with Gasteiger partial charge in [0, 0.05) is 16.0 Å². The predicted octanol–water partition coefficient (Wildman–Crippen LogP) is 4.56. The van der Waals surface area contributed by atoms with E-state index in [0.29, 0.717) is 5.02 Å². The van der Waals surface area contributed by atoms with Crippen molar-refractivity contribution < 1.29 is 13.3 Å². The zero-order valence-electron chi connectivity index (χ0n) is 14.1. The van der Waals surface area contributed by atoms with Gasteiger partial charge in [-0.15, -0.1) is 11.3 Å². The molecule has 1 heterocycles. The highest BCUT2D eigenvalue weighted by molar-refractivity contribution is 7.92. The van der Waals surface area contributed by atoms with Crippen LogP contribution in [-0.4, -0.2) is 19.6 Å². The van der Waals surface area contributed by atoms with Crippen molar-refractivity contribution >= 4 is 56.2 Å². The molecule has 0 unspecified atom stereocenters. The number of benzene rings is 2. The van der Waals surface area contributed by atoms with Crippen LogP contribution in [0.3, 0.4) is 0 Å². The molecule has 3 rings (SSSR count). The molecule has 11 heteroatoms. The van der Waals surface area contributed by atoms with E-state index in [1.807, 2.05) is 17.5 Å². The maximum absolute atomic E-state index is 12.5. The molecule has 0 bridgehead atoms. The Hall–Kier alpha value is -2.95. The summed E-state index contributed by atoms with van der Waals surface area (Å²) in [5.74, 6) is 0. The van der Waals surface area contributed by atoms with E-state index in [9.17, 15) is 18.5 Å². The van der Waals surface area contributed by atoms with Crippen molar-refractivity contribution in [1.82, 2.24) is 0 Å². The topological polar surface area (TPSA) is 114 Å². The number of hydrogen-bond donors (Lipinski definition) is 2. The monoisotopic (exact) mass is 436 g/mol. The quantitative estimate of drug-likeness (QED) is 0.320. The summed E-state index contributed by atoms with van der Waals surface area (Å²) in [4.78, 5) is 11.3. The molecule has 0 atom stereocenters. The van der Waals surface area contributed by atoms with Gasteiger partial charge < -0.3 is 0 Å². The predicted molar refractivity (Wildman–Crippen MR) is 111 cm³/mol. The van der Waals surface area contributed by atoms with E-state index in [-0.39, 0.29) is 16.3 Å². The van der Waals surface area contributed by atoms with E-state index in [0.717, 1.165) is 10.9 Å². The summed E-state index contributed by atoms with van der Waals surface area (Å²) in [6, 6.07) is 13.3. The molecule has 3 aromatic rings. The van der Waals surface area contributed by atoms with Gasteiger partial charge in [0.1, 0.15) is 5.69 Å². The molecule has 0 amide bonds. The van der Waals surface area contributed by atoms with Crippen LogP contribution in [0.15, 0.2) is 70.0 Å². The largest absolute Gasteiger partial charge is 0.295 e. The minimum absolute atomic E-state index is 0.0690. The molecule has 0 radical (unpaired) electrons. The van der Waals surface area contributed by atoms with E-state index < -0.39 is 20.6 Å². The fourth-order valence-electron chi connectivity index (χ4n) is 2.22. The first-order valence-electron chi connectivity index (χ1n) is 7.74. The summed E-state index contributed by atoms with van der Waals surface area (Å²) < 4.78 is 27.4. The van der Waals surface area contributed by atoms with Crippen molar-refractivity contribution in [1.29, 1.82) is 0 Å². The second kappa shape index (κ2) is 8.38. The Morgan fingerprint density at radius 1 is 1.14 bits per heavy atom. The van der Waals surface area contributed by atoms with Crippen LogP contribution in [-0.2, 0) is 10.0 Å². The van der Waals surface area contributed by atoms with Gasteiger partial charge >= 0.3 is 0 Å². The molecule has 1 aromatic heterocycles. The van der Waals surface area contributed by atoms with Crippen molar-refractivity contribution in [2.45, 2.75) is 4.90 Å². The average molecular weight is 437 g/mol. The van der Waals surface area contributed by atoms with Crippen molar-refractivity contribution in [3.05, 3.63) is 80.0 Å². The molecule has 0 aliphatic heterocycles. The van der Waals surface area contributed by atoms with Crippen LogP contribution >= 0.6 is 22.9 Å². The number of halogens is 1. The van der Waals surface area contributed by atoms with Crippen LogP contribution in [0, 0.1) is 10.1 Å². The van der Waals surface area contributed by atoms with Gasteiger partial charge in [-0.2, -0.15) is 5.10 Å². The Balaban J connectivity index is 1.86. The summed E-state index contributed by atoms with van der Waals surface area (Å²) in [6.07, 6.45) is 1.51. The first kappa shape index (κ1) is 19.8. The standard InChI is InChI=1S/C17H13ClN4O4S2/c18-12-3-1-4-13(9-12)21-28(25,26)15-6-7-16(17(10-15)22(23)24)20-19-11-14-5-2-8-27-14/h1-11,20-21H/b19-11+. The van der Waals surface area contributed by atoms with Gasteiger partial charge in [-0.25, -0.2) is 8.42 Å². The number of nitrogens with one attached hydrogen (secondary N) is 2. The SMILES string of the molecule is O=[N+]([O-])c1cc(S(=O)(=O)Nc2cccc(Cl)c2)ccc1N/N=C/c1cccs1. The molecule has 2 aromatic carbocycles. The second-order valence-corrected chi connectivity index (χ2v) is 8.54. The summed E-state index contributed by atoms with van der Waals surface area (Å²) in [7, 11) is -4.04. The number of hydrazone groups is 1. The second-order valence-electron chi connectivity index (χ2n) is 5.44. The minimum atomic E-state index is -4.04. The Kier molecular flexibility index (Phi) is 5.93. The van der Waals surface area contributed by atoms with Crippen molar-refractivity contribution in [3.63, 3.8) is 0 Å². The highest BCUT2D eigenvalue weighted by atomic mass is 35.5. The smallest absolute Gasteiger partial charge is 0.280 e. The fraction of sp³-hybridized carbons (Fsp3) is 0. The molecular weight excluding hydrogens is 424 g/mol. The third-order valence-corrected chi connectivity index (χ3v) is 5.89. The van der Waals surface area contributed by atoms with E-state index >= 15 is 0 Å². The van der Waals surface area contributed by atoms with Gasteiger partial charge in [-0.3, -0.25) is 20.3 Å². The average Bonchev–Trinajstić information content (AvgIpc) is 3.14. The van der Waals surface area contributed by atoms with Gasteiger partial charge in [-0.05, 0) is 41.8 Å². The minimum Gasteiger partial charge on any atom is -0.280 e. The van der Waals surface area contributed by atoms with Crippen LogP contribution in [0.1, 0.15) is 4.88 Å². The number of sulfonamides is 1. The van der Waals surface area contributed by atoms with Crippen LogP contribution < -0.4 is 10.1 Å². The highest BCUT2D eigenvalue weighted by Gasteiger charge is 2.21. The molecule has 0 aliphatic rings. The third kappa shape index (κ3) is 4.85. The number of nitro groups is 1. The van der Waals surface area contributed by atoms with E-state index in [1.165, 1.54) is 41.8 Å². The maximum atomic E-state index is 12.5. The molecule has 0 saturated heterocycles. The molecule has 28 heavy (non-hydrogen) atoms. The number of nitro benzene ring substituents is 1. The van der Waals surface area contributed by atoms with Crippen molar-refractivity contribution in [3.8, 4) is 0 Å². The van der Waals surface area contributed by atoms with E-state index in [4.69, 9.17) is 11.6 Å². The highest BCUT2D eigenvalue weighted by Crippen LogP contribution is 2.29. The lowest BCUT2D eigenvalue weighted by Gasteiger charge is -2.09. The van der Waals surface area contributed by atoms with Crippen LogP contribution in [0.5, 0.6) is 0 Å². The van der Waals surface area contributed by atoms with Crippen LogP contribution in [0.4, 0.5) is 17.1 Å². The molecule has 2 N–H and O–H groups in total. The molecule has 0 spiro atoms. The molecule has 0 fully saturated rings. The number of rotatable bonds is 7. The number of anilines is 2. The van der Waals surface area contributed by atoms with Gasteiger partial charge in [0.2, 0.25) is 0 Å². The lowest BCUT2D eigenvalue weighted by molar-refractivity contribution is -0.384. The van der Waals surface area contributed by atoms with Crippen LogP contribution in [0.2, 0.25) is 5.02 Å². The molecular formula is C17H13ClN4O4S2. The lowest BCUT2D eigenvalue weighted by atomic mass is 10.3. The first-order chi connectivity index (χ1) is 13.3. The van der Waals surface area contributed by atoms with Crippen molar-refractivity contribution in [2.24, 2.45) is 5.10 Å². The summed E-state index contributed by atoms with van der Waals surface area (Å²) in [5.41, 5.74) is 2.47. The number of thiophene rings is 1. The lowest BCUT2D eigenvalue weighted by Crippen LogP contribution is -2.13. The zero-order chi connectivity index (χ0) is 20.1. The number of hydrogen-bond acceptors (Lipinski definition) is 7. The molecule has 0 aliphatic carbocycles. The van der Waals surface area contributed by atoms with Crippen LogP contribution in [0.25, 0.3) is 0 Å². The molecule has 8 nitrogen and oxygen atoms in total. The maximum Gasteiger partial charge on any atom is 0.295 e. The Morgan fingerprint density at radius 3 is 2.64 bits per heavy atom. The van der Waals surface area contributed by atoms with Crippen molar-refractivity contribution in [2.75, 3.05) is 10.1 Å². The fourth-order valence-corrected chi connectivity index (χ4v) is 4.06. The summed E-state index contributed by atoms with van der Waals surface area (Å²) in [6.45, 7) is 0. The van der Waals surface area contributed by atoms with Gasteiger partial charge in [0.25, 0.3) is 15.7 Å². The first-order valence-corrected chi connectivity index (χ1v) is 10.5. The van der Waals surface area contributed by atoms with Gasteiger partial charge in [-0.1, -0.05) is 23.7 Å². The Morgan fingerprint density at radius 2 is 1.96 bits per heavy atom. The van der Waals surface area contributed by atoms with Gasteiger partial charge in [0.05, 0.1) is 21.7 Å². The Labute approximate surface area is 169 Å². The van der Waals surface area contributed by atoms with Gasteiger partial charge in [0.15, 0.2) is 0 Å². The molecule has 144 valence electrons. The third-order valence-electron chi connectivity index (χ3n) is 3.47. The van der Waals surface area contributed by atoms with E-state index in [2.05, 4.69) is 15.2 Å². The zero-order valence-corrected chi connectivity index (χ0v) is 16.5. The summed E-state index contributed by atoms with van der Waals surface area (Å²) >= 11 is 7.30. The molecule has 0 saturated carbocycles.